The minimum Gasteiger partial charge on any atom is -0.479 e. The first kappa shape index (κ1) is 15.7. The van der Waals surface area contributed by atoms with Crippen LogP contribution in [0.25, 0.3) is 10.9 Å². The minimum absolute atomic E-state index is 0.376. The first-order valence-electron chi connectivity index (χ1n) is 6.91. The first-order valence-corrected chi connectivity index (χ1v) is 8.17. The maximum Gasteiger partial charge on any atom is 0.240 e. The van der Waals surface area contributed by atoms with Crippen molar-refractivity contribution in [3.63, 3.8) is 0 Å². The summed E-state index contributed by atoms with van der Waals surface area (Å²) in [5.41, 5.74) is 2.22. The van der Waals surface area contributed by atoms with Gasteiger partial charge in [0.05, 0.1) is 29.0 Å². The number of nitrogens with zero attached hydrogens (tertiary/aromatic N) is 3. The van der Waals surface area contributed by atoms with Crippen LogP contribution in [0.1, 0.15) is 5.56 Å². The Morgan fingerprint density at radius 3 is 2.62 bits per heavy atom. The van der Waals surface area contributed by atoms with Crippen molar-refractivity contribution in [1.29, 1.82) is 10.0 Å². The van der Waals surface area contributed by atoms with Gasteiger partial charge in [0.2, 0.25) is 5.88 Å². The highest BCUT2D eigenvalue weighted by Gasteiger charge is 2.13. The molecule has 0 bridgehead atoms. The lowest BCUT2D eigenvalue weighted by Gasteiger charge is -2.12. The van der Waals surface area contributed by atoms with Gasteiger partial charge in [-0.1, -0.05) is 0 Å². The Balaban J connectivity index is 2.12. The molecule has 2 aromatic heterocycles. The van der Waals surface area contributed by atoms with Gasteiger partial charge in [0.1, 0.15) is 11.6 Å². The fourth-order valence-corrected chi connectivity index (χ4v) is 2.71. The number of aromatic nitrogens is 2. The molecule has 1 unspecified atom stereocenters. The number of fused-ring (bicyclic) bond motifs is 1. The number of anilines is 2. The Hall–Kier alpha value is -3.18. The summed E-state index contributed by atoms with van der Waals surface area (Å²) < 4.78 is 23.6. The van der Waals surface area contributed by atoms with Gasteiger partial charge in [-0.05, 0) is 30.3 Å². The highest BCUT2D eigenvalue weighted by molar-refractivity contribution is 7.73. The van der Waals surface area contributed by atoms with Crippen LogP contribution in [0.4, 0.5) is 11.4 Å². The molecular formula is C16H13N5O2S. The lowest BCUT2D eigenvalue weighted by atomic mass is 10.1. The number of nitrogens with one attached hydrogen (secondary N) is 2. The van der Waals surface area contributed by atoms with E-state index >= 15 is 0 Å². The van der Waals surface area contributed by atoms with Crippen LogP contribution in [0.3, 0.4) is 0 Å². The Bertz CT molecular complexity index is 1020. The van der Waals surface area contributed by atoms with E-state index in [1.807, 2.05) is 0 Å². The van der Waals surface area contributed by atoms with Crippen LogP contribution in [-0.4, -0.2) is 21.3 Å². The predicted octanol–water partition coefficient (Wildman–Crippen LogP) is 2.86. The predicted molar refractivity (Wildman–Crippen MR) is 91.1 cm³/mol. The largest absolute Gasteiger partial charge is 0.479 e. The van der Waals surface area contributed by atoms with Crippen molar-refractivity contribution < 1.29 is 8.95 Å². The van der Waals surface area contributed by atoms with Crippen molar-refractivity contribution >= 4 is 32.9 Å². The van der Waals surface area contributed by atoms with Gasteiger partial charge in [0.15, 0.2) is 0 Å². The molecule has 3 rings (SSSR count). The van der Waals surface area contributed by atoms with Gasteiger partial charge < -0.3 is 10.1 Å². The summed E-state index contributed by atoms with van der Waals surface area (Å²) in [6.45, 7) is 0. The van der Waals surface area contributed by atoms with Crippen molar-refractivity contribution in [3.05, 3.63) is 48.3 Å². The Labute approximate surface area is 139 Å². The van der Waals surface area contributed by atoms with Crippen molar-refractivity contribution in [2.24, 2.45) is 0 Å². The van der Waals surface area contributed by atoms with E-state index in [2.05, 4.69) is 21.4 Å². The summed E-state index contributed by atoms with van der Waals surface area (Å²) in [6.07, 6.45) is 3.05. The third-order valence-corrected chi connectivity index (χ3v) is 4.20. The second kappa shape index (κ2) is 6.52. The average molecular weight is 339 g/mol. The van der Waals surface area contributed by atoms with Crippen LogP contribution >= 0.6 is 0 Å². The molecule has 7 nitrogen and oxygen atoms in total. The Kier molecular flexibility index (Phi) is 4.26. The molecule has 0 aliphatic carbocycles. The molecule has 3 aromatic rings. The summed E-state index contributed by atoms with van der Waals surface area (Å²) in [4.78, 5) is 8.81. The molecule has 0 amide bonds. The van der Waals surface area contributed by atoms with Gasteiger partial charge in [-0.25, -0.2) is 14.2 Å². The molecule has 2 N–H and O–H groups in total. The Morgan fingerprint density at radius 1 is 1.25 bits per heavy atom. The SMILES string of the molecule is COc1nccc2c(Nc3ccc([SH](=N)=O)cc3)c(C#N)cnc12. The Morgan fingerprint density at radius 2 is 2.00 bits per heavy atom. The zero-order valence-corrected chi connectivity index (χ0v) is 13.5. The highest BCUT2D eigenvalue weighted by Crippen LogP contribution is 2.32. The molecule has 0 radical (unpaired) electrons. The van der Waals surface area contributed by atoms with E-state index < -0.39 is 10.6 Å². The number of hydrogen-bond donors (Lipinski definition) is 3. The molecule has 120 valence electrons. The summed E-state index contributed by atoms with van der Waals surface area (Å²) in [6, 6.07) is 10.5. The fraction of sp³-hybridized carbons (Fsp3) is 0.0625. The second-order valence-electron chi connectivity index (χ2n) is 4.84. The molecule has 0 saturated carbocycles. The average Bonchev–Trinajstić information content (AvgIpc) is 2.61. The smallest absolute Gasteiger partial charge is 0.240 e. The van der Waals surface area contributed by atoms with Crippen LogP contribution in [0.15, 0.2) is 47.6 Å². The molecule has 24 heavy (non-hydrogen) atoms. The van der Waals surface area contributed by atoms with E-state index in [9.17, 15) is 9.47 Å². The van der Waals surface area contributed by atoms with Gasteiger partial charge in [-0.15, -0.1) is 0 Å². The molecule has 0 aliphatic rings. The van der Waals surface area contributed by atoms with E-state index in [1.165, 1.54) is 13.3 Å². The van der Waals surface area contributed by atoms with Gasteiger partial charge >= 0.3 is 0 Å². The normalized spacial score (nSPS) is 11.7. The molecule has 1 atom stereocenters. The minimum atomic E-state index is -2.13. The van der Waals surface area contributed by atoms with Crippen LogP contribution in [0.5, 0.6) is 5.88 Å². The standard InChI is InChI=1S/C16H13N5O2S/c1-23-16-15-13(6-7-19-16)14(10(8-17)9-20-15)21-11-2-4-12(5-3-11)24(18)22/h2-7,9,18,24H,1H3,(H,20,21). The number of rotatable bonds is 4. The number of methoxy groups -OCH3 is 1. The number of benzene rings is 1. The number of pyridine rings is 2. The summed E-state index contributed by atoms with van der Waals surface area (Å²) in [5.74, 6) is 0.376. The van der Waals surface area contributed by atoms with Crippen molar-refractivity contribution in [2.45, 2.75) is 4.90 Å². The molecule has 0 fully saturated rings. The molecular weight excluding hydrogens is 326 g/mol. The molecule has 0 aliphatic heterocycles. The van der Waals surface area contributed by atoms with Crippen molar-refractivity contribution in [2.75, 3.05) is 12.4 Å². The van der Waals surface area contributed by atoms with Crippen LogP contribution in [0.2, 0.25) is 0 Å². The first-order chi connectivity index (χ1) is 11.6. The number of ether oxygens (including phenoxy) is 1. The lowest BCUT2D eigenvalue weighted by molar-refractivity contribution is 0.402. The van der Waals surface area contributed by atoms with Crippen LogP contribution in [0, 0.1) is 16.1 Å². The molecule has 2 heterocycles. The summed E-state index contributed by atoms with van der Waals surface area (Å²) >= 11 is 0. The van der Waals surface area contributed by atoms with Crippen molar-refractivity contribution in [3.8, 4) is 11.9 Å². The third-order valence-electron chi connectivity index (χ3n) is 3.44. The summed E-state index contributed by atoms with van der Waals surface area (Å²) in [5, 5.41) is 13.2. The van der Waals surface area contributed by atoms with Gasteiger partial charge in [0, 0.05) is 28.4 Å². The fourth-order valence-electron chi connectivity index (χ4n) is 2.29. The van der Waals surface area contributed by atoms with Gasteiger partial charge in [-0.2, -0.15) is 5.26 Å². The van der Waals surface area contributed by atoms with Crippen LogP contribution in [-0.2, 0) is 10.6 Å². The molecule has 0 saturated heterocycles. The monoisotopic (exact) mass is 339 g/mol. The lowest BCUT2D eigenvalue weighted by Crippen LogP contribution is -1.99. The van der Waals surface area contributed by atoms with Crippen LogP contribution < -0.4 is 10.1 Å². The van der Waals surface area contributed by atoms with Gasteiger partial charge in [0.25, 0.3) is 0 Å². The van der Waals surface area contributed by atoms with Crippen molar-refractivity contribution in [1.82, 2.24) is 9.97 Å². The number of hydrogen-bond acceptors (Lipinski definition) is 7. The van der Waals surface area contributed by atoms with E-state index in [1.54, 1.807) is 36.5 Å². The molecule has 1 aromatic carbocycles. The number of nitriles is 1. The second-order valence-corrected chi connectivity index (χ2v) is 5.95. The van der Waals surface area contributed by atoms with E-state index in [0.29, 0.717) is 38.6 Å². The third kappa shape index (κ3) is 2.85. The molecule has 8 heteroatoms. The topological polar surface area (TPSA) is 112 Å². The quantitative estimate of drug-likeness (QED) is 0.630. The zero-order valence-electron chi connectivity index (χ0n) is 12.6. The summed E-state index contributed by atoms with van der Waals surface area (Å²) in [7, 11) is -0.617. The maximum atomic E-state index is 11.2. The molecule has 0 spiro atoms. The van der Waals surface area contributed by atoms with Gasteiger partial charge in [-0.3, -0.25) is 4.78 Å². The maximum absolute atomic E-state index is 11.2. The number of thiol groups is 1. The highest BCUT2D eigenvalue weighted by atomic mass is 32.2. The van der Waals surface area contributed by atoms with E-state index in [-0.39, 0.29) is 0 Å². The van der Waals surface area contributed by atoms with E-state index in [0.717, 1.165) is 0 Å². The zero-order chi connectivity index (χ0) is 17.1. The van der Waals surface area contributed by atoms with E-state index in [4.69, 9.17) is 9.52 Å².